The highest BCUT2D eigenvalue weighted by atomic mass is 19.4. The van der Waals surface area contributed by atoms with Crippen molar-refractivity contribution in [1.82, 2.24) is 15.1 Å². The molecule has 2 atom stereocenters. The van der Waals surface area contributed by atoms with Gasteiger partial charge in [-0.15, -0.1) is 0 Å². The van der Waals surface area contributed by atoms with Gasteiger partial charge in [0, 0.05) is 45.6 Å². The van der Waals surface area contributed by atoms with E-state index in [1.807, 2.05) is 0 Å². The van der Waals surface area contributed by atoms with Crippen LogP contribution in [0.5, 0.6) is 5.75 Å². The number of hydrogen-bond acceptors (Lipinski definition) is 8. The first-order valence-corrected chi connectivity index (χ1v) is 17.5. The zero-order chi connectivity index (χ0) is 37.0. The number of benzene rings is 1. The number of fused-ring (bicyclic) bond motifs is 1. The Morgan fingerprint density at radius 2 is 1.72 bits per heavy atom. The molecule has 1 N–H and O–H groups in total. The number of carbonyl (C=O) groups is 5. The molecule has 0 bridgehead atoms. The fourth-order valence-corrected chi connectivity index (χ4v) is 6.83. The van der Waals surface area contributed by atoms with Crippen LogP contribution < -0.4 is 15.0 Å². The number of carbonyl (C=O) groups excluding carboxylic acids is 5. The summed E-state index contributed by atoms with van der Waals surface area (Å²) in [5.41, 5.74) is -3.43. The van der Waals surface area contributed by atoms with Crippen LogP contribution in [0.15, 0.2) is 12.1 Å². The first-order chi connectivity index (χ1) is 23.4. The molecule has 278 valence electrons. The lowest BCUT2D eigenvalue weighted by atomic mass is 9.89. The van der Waals surface area contributed by atoms with Gasteiger partial charge in [0.05, 0.1) is 28.8 Å². The molecule has 1 aromatic rings. The molecule has 0 spiro atoms. The van der Waals surface area contributed by atoms with Gasteiger partial charge in [-0.2, -0.15) is 13.2 Å². The minimum atomic E-state index is -4.95. The quantitative estimate of drug-likeness (QED) is 0.243. The van der Waals surface area contributed by atoms with Crippen LogP contribution in [0.1, 0.15) is 109 Å². The highest BCUT2D eigenvalue weighted by Gasteiger charge is 2.45. The summed E-state index contributed by atoms with van der Waals surface area (Å²) in [6, 6.07) is 0.529. The maximum absolute atomic E-state index is 14.6. The number of anilines is 1. The maximum atomic E-state index is 14.6. The van der Waals surface area contributed by atoms with Crippen molar-refractivity contribution in [2.75, 3.05) is 31.1 Å². The van der Waals surface area contributed by atoms with Crippen molar-refractivity contribution in [2.45, 2.75) is 123 Å². The van der Waals surface area contributed by atoms with Crippen molar-refractivity contribution in [1.29, 1.82) is 0 Å². The molecule has 0 aromatic heterocycles. The van der Waals surface area contributed by atoms with E-state index < -0.39 is 65.2 Å². The van der Waals surface area contributed by atoms with Crippen LogP contribution in [-0.4, -0.2) is 89.7 Å². The predicted molar refractivity (Wildman–Crippen MR) is 176 cm³/mol. The number of piperidine rings is 1. The topological polar surface area (TPSA) is 135 Å². The van der Waals surface area contributed by atoms with E-state index in [1.54, 1.807) is 20.8 Å². The second kappa shape index (κ2) is 15.9. The Morgan fingerprint density at radius 3 is 2.34 bits per heavy atom. The zero-order valence-corrected chi connectivity index (χ0v) is 29.7. The summed E-state index contributed by atoms with van der Waals surface area (Å²) in [4.78, 5) is 69.1. The molecule has 2 aliphatic heterocycles. The van der Waals surface area contributed by atoms with Crippen LogP contribution in [0.25, 0.3) is 0 Å². The molecule has 3 aliphatic rings. The molecule has 4 amide bonds. The van der Waals surface area contributed by atoms with E-state index in [4.69, 9.17) is 14.2 Å². The number of alkyl halides is 3. The van der Waals surface area contributed by atoms with Gasteiger partial charge in [0.25, 0.3) is 11.8 Å². The average Bonchev–Trinajstić information content (AvgIpc) is 3.05. The Labute approximate surface area is 290 Å². The summed E-state index contributed by atoms with van der Waals surface area (Å²) < 4.78 is 60.4. The number of nitrogens with one attached hydrogen (secondary N) is 1. The van der Waals surface area contributed by atoms with E-state index >= 15 is 0 Å². The molecule has 0 radical (unpaired) electrons. The number of hydrogen-bond donors (Lipinski definition) is 1. The summed E-state index contributed by atoms with van der Waals surface area (Å²) >= 11 is 0. The fourth-order valence-electron chi connectivity index (χ4n) is 6.83. The Balaban J connectivity index is 1.58. The zero-order valence-electron chi connectivity index (χ0n) is 29.7. The Hall–Kier alpha value is -4.04. The van der Waals surface area contributed by atoms with Gasteiger partial charge < -0.3 is 34.2 Å². The van der Waals surface area contributed by atoms with Gasteiger partial charge in [-0.3, -0.25) is 19.2 Å². The summed E-state index contributed by atoms with van der Waals surface area (Å²) in [6.07, 6.45) is -1.41. The minimum absolute atomic E-state index is 0.0165. The van der Waals surface area contributed by atoms with Gasteiger partial charge in [0.2, 0.25) is 12.2 Å². The first-order valence-electron chi connectivity index (χ1n) is 17.5. The van der Waals surface area contributed by atoms with E-state index in [2.05, 4.69) is 5.32 Å². The van der Waals surface area contributed by atoms with E-state index in [-0.39, 0.29) is 55.9 Å². The molecule has 15 heteroatoms. The van der Waals surface area contributed by atoms with Gasteiger partial charge in [-0.1, -0.05) is 26.2 Å². The fraction of sp³-hybridized carbons (Fsp3) is 0.686. The van der Waals surface area contributed by atoms with Crippen LogP contribution in [0.2, 0.25) is 0 Å². The molecule has 12 nitrogen and oxygen atoms in total. The van der Waals surface area contributed by atoms with E-state index in [1.165, 1.54) is 35.5 Å². The van der Waals surface area contributed by atoms with Crippen LogP contribution in [0, 0.1) is 5.92 Å². The predicted octanol–water partition coefficient (Wildman–Crippen LogP) is 5.66. The molecule has 2 heterocycles. The number of likely N-dealkylation sites (tertiary alicyclic amines) is 1. The van der Waals surface area contributed by atoms with Crippen LogP contribution in [0.4, 0.5) is 23.7 Å². The van der Waals surface area contributed by atoms with Gasteiger partial charge in [-0.05, 0) is 65.5 Å². The standard InChI is InChI=1S/C35H49F3N4O8/c1-7-29(43)39-15-17-41-27-18-25(26(35(36,37)38)19-28(27)50-34(5,6)32(41)46)30(44)42(21(2)3)24-14-11-16-40(20-24)33(47)49-22(4)48-31(45)23-12-9-8-10-13-23/h18-19,21-24H,7-17,20H2,1-6H3,(H,39,43)/t22?,24-/m1/s1. The molecule has 1 unspecified atom stereocenters. The molecule has 4 rings (SSSR count). The summed E-state index contributed by atoms with van der Waals surface area (Å²) in [5, 5.41) is 2.66. The number of nitrogens with zero attached hydrogens (tertiary/aromatic N) is 3. The molecule has 1 saturated carbocycles. The van der Waals surface area contributed by atoms with Gasteiger partial charge in [-0.25, -0.2) is 4.79 Å². The maximum Gasteiger partial charge on any atom is 0.417 e. The highest BCUT2D eigenvalue weighted by molar-refractivity contribution is 6.05. The summed E-state index contributed by atoms with van der Waals surface area (Å²) in [7, 11) is 0. The van der Waals surface area contributed by atoms with Crippen molar-refractivity contribution >= 4 is 35.5 Å². The van der Waals surface area contributed by atoms with Crippen molar-refractivity contribution in [3.63, 3.8) is 0 Å². The summed E-state index contributed by atoms with van der Waals surface area (Å²) in [6.45, 7) is 9.56. The van der Waals surface area contributed by atoms with Crippen molar-refractivity contribution in [2.24, 2.45) is 5.92 Å². The molecule has 1 saturated heterocycles. The largest absolute Gasteiger partial charge is 0.476 e. The Bertz CT molecular complexity index is 1440. The molecular formula is C35H49F3N4O8. The second-order valence-corrected chi connectivity index (χ2v) is 13.9. The molecule has 2 fully saturated rings. The minimum Gasteiger partial charge on any atom is -0.476 e. The van der Waals surface area contributed by atoms with Gasteiger partial charge in [0.15, 0.2) is 5.60 Å². The molecule has 1 aliphatic carbocycles. The number of halogens is 3. The number of ether oxygens (including phenoxy) is 3. The summed E-state index contributed by atoms with van der Waals surface area (Å²) in [5.74, 6) is -2.60. The van der Waals surface area contributed by atoms with E-state index in [0.29, 0.717) is 12.8 Å². The Kier molecular flexibility index (Phi) is 12.3. The lowest BCUT2D eigenvalue weighted by Crippen LogP contribution is -2.55. The third kappa shape index (κ3) is 9.00. The first kappa shape index (κ1) is 38.8. The average molecular weight is 711 g/mol. The molecule has 1 aromatic carbocycles. The highest BCUT2D eigenvalue weighted by Crippen LogP contribution is 2.44. The van der Waals surface area contributed by atoms with E-state index in [0.717, 1.165) is 44.2 Å². The van der Waals surface area contributed by atoms with Crippen LogP contribution >= 0.6 is 0 Å². The monoisotopic (exact) mass is 710 g/mol. The number of amides is 4. The molecular weight excluding hydrogens is 661 g/mol. The van der Waals surface area contributed by atoms with Crippen molar-refractivity contribution in [3.05, 3.63) is 23.3 Å². The normalized spacial score (nSPS) is 20.0. The smallest absolute Gasteiger partial charge is 0.417 e. The third-order valence-corrected chi connectivity index (χ3v) is 9.36. The SMILES string of the molecule is CCC(=O)NCCN1C(=O)C(C)(C)Oc2cc(C(F)(F)F)c(C(=O)N(C(C)C)[C@@H]3CCCN(C(=O)OC(C)OC(=O)C4CCCCC4)C3)cc21. The Morgan fingerprint density at radius 1 is 1.04 bits per heavy atom. The number of esters is 1. The lowest BCUT2D eigenvalue weighted by Gasteiger charge is -2.42. The number of rotatable bonds is 10. The lowest BCUT2D eigenvalue weighted by molar-refractivity contribution is -0.172. The van der Waals surface area contributed by atoms with Gasteiger partial charge >= 0.3 is 18.2 Å². The van der Waals surface area contributed by atoms with Gasteiger partial charge in [0.1, 0.15) is 5.75 Å². The van der Waals surface area contributed by atoms with Crippen molar-refractivity contribution < 1.29 is 51.4 Å². The van der Waals surface area contributed by atoms with Crippen LogP contribution in [0.3, 0.4) is 0 Å². The van der Waals surface area contributed by atoms with Crippen LogP contribution in [-0.2, 0) is 30.0 Å². The molecule has 50 heavy (non-hydrogen) atoms. The second-order valence-electron chi connectivity index (χ2n) is 13.9. The van der Waals surface area contributed by atoms with E-state index in [9.17, 15) is 37.1 Å². The third-order valence-electron chi connectivity index (χ3n) is 9.36. The van der Waals surface area contributed by atoms with Crippen molar-refractivity contribution in [3.8, 4) is 5.75 Å².